The minimum absolute atomic E-state index is 0.234. The normalized spacial score (nSPS) is 13.8. The van der Waals surface area contributed by atoms with E-state index in [0.29, 0.717) is 29.4 Å². The van der Waals surface area contributed by atoms with E-state index in [1.54, 1.807) is 6.92 Å². The number of hydrazine groups is 1. The Morgan fingerprint density at radius 3 is 2.88 bits per heavy atom. The first-order valence-electron chi connectivity index (χ1n) is 8.62. The van der Waals surface area contributed by atoms with Crippen LogP contribution in [0.25, 0.3) is 0 Å². The third kappa shape index (κ3) is 4.88. The molecule has 2 aromatic rings. The number of nitrogens with zero attached hydrogens (tertiary/aromatic N) is 2. The number of hydrogen-bond donors (Lipinski definition) is 2. The summed E-state index contributed by atoms with van der Waals surface area (Å²) in [7, 11) is 0. The van der Waals surface area contributed by atoms with Gasteiger partial charge in [-0.1, -0.05) is 11.6 Å². The van der Waals surface area contributed by atoms with Crippen molar-refractivity contribution < 1.29 is 14.1 Å². The summed E-state index contributed by atoms with van der Waals surface area (Å²) in [6.45, 7) is 1.75. The monoisotopic (exact) mass is 362 g/mol. The lowest BCUT2D eigenvalue weighted by Crippen LogP contribution is -2.41. The smallest absolute Gasteiger partial charge is 0.279 e. The van der Waals surface area contributed by atoms with Crippen LogP contribution in [-0.4, -0.2) is 22.0 Å². The molecule has 3 rings (SSSR count). The third-order valence-electron chi connectivity index (χ3n) is 4.15. The Hall–Kier alpha value is -2.22. The van der Waals surface area contributed by atoms with Crippen molar-refractivity contribution in [2.75, 3.05) is 0 Å². The van der Waals surface area contributed by atoms with Gasteiger partial charge >= 0.3 is 0 Å². The lowest BCUT2D eigenvalue weighted by Gasteiger charge is -2.05. The van der Waals surface area contributed by atoms with Gasteiger partial charge in [0.2, 0.25) is 11.8 Å². The highest BCUT2D eigenvalue weighted by Gasteiger charge is 2.16. The number of aromatic nitrogens is 2. The predicted octanol–water partition coefficient (Wildman–Crippen LogP) is 2.49. The van der Waals surface area contributed by atoms with E-state index < -0.39 is 0 Å². The number of carbonyl (C=O) groups is 2. The largest absolute Gasteiger partial charge is 0.339 e. The Balaban J connectivity index is 1.41. The van der Waals surface area contributed by atoms with Crippen LogP contribution < -0.4 is 10.9 Å². The molecule has 0 bridgehead atoms. The zero-order valence-electron chi connectivity index (χ0n) is 14.3. The van der Waals surface area contributed by atoms with Gasteiger partial charge in [-0.05, 0) is 50.7 Å². The third-order valence-corrected chi connectivity index (χ3v) is 5.39. The van der Waals surface area contributed by atoms with Gasteiger partial charge in [0, 0.05) is 17.7 Å². The van der Waals surface area contributed by atoms with Crippen LogP contribution in [0.15, 0.2) is 10.6 Å². The fraction of sp³-hybridized carbons (Fsp3) is 0.529. The number of carbonyl (C=O) groups excluding carboxylic acids is 2. The summed E-state index contributed by atoms with van der Waals surface area (Å²) < 4.78 is 4.99. The number of nitrogens with one attached hydrogen (secondary N) is 2. The quantitative estimate of drug-likeness (QED) is 0.629. The fourth-order valence-corrected chi connectivity index (χ4v) is 4.02. The minimum atomic E-state index is -0.251. The van der Waals surface area contributed by atoms with E-state index in [1.165, 1.54) is 41.0 Å². The molecule has 7 nitrogen and oxygen atoms in total. The average Bonchev–Trinajstić information content (AvgIpc) is 3.13. The maximum Gasteiger partial charge on any atom is 0.279 e. The van der Waals surface area contributed by atoms with Crippen LogP contribution in [-0.2, 0) is 24.1 Å². The van der Waals surface area contributed by atoms with Crippen molar-refractivity contribution in [2.24, 2.45) is 0 Å². The van der Waals surface area contributed by atoms with E-state index in [4.69, 9.17) is 4.52 Å². The van der Waals surface area contributed by atoms with Crippen LogP contribution in [0.3, 0.4) is 0 Å². The van der Waals surface area contributed by atoms with E-state index in [2.05, 4.69) is 21.0 Å². The summed E-state index contributed by atoms with van der Waals surface area (Å²) in [5.41, 5.74) is 6.25. The molecule has 2 heterocycles. The van der Waals surface area contributed by atoms with Crippen LogP contribution in [0.2, 0.25) is 0 Å². The molecule has 0 radical (unpaired) electrons. The number of amides is 2. The molecule has 0 spiro atoms. The van der Waals surface area contributed by atoms with Crippen molar-refractivity contribution in [1.29, 1.82) is 0 Å². The van der Waals surface area contributed by atoms with Gasteiger partial charge in [0.1, 0.15) is 0 Å². The van der Waals surface area contributed by atoms with Crippen LogP contribution >= 0.6 is 11.3 Å². The zero-order valence-corrected chi connectivity index (χ0v) is 15.1. The molecule has 0 saturated carbocycles. The van der Waals surface area contributed by atoms with E-state index in [9.17, 15) is 9.59 Å². The Morgan fingerprint density at radius 1 is 1.24 bits per heavy atom. The maximum absolute atomic E-state index is 12.2. The Kier molecular flexibility index (Phi) is 5.80. The molecular weight excluding hydrogens is 340 g/mol. The molecule has 8 heteroatoms. The van der Waals surface area contributed by atoms with Crippen molar-refractivity contribution in [2.45, 2.75) is 58.3 Å². The number of fused-ring (bicyclic) bond motifs is 1. The van der Waals surface area contributed by atoms with Gasteiger partial charge < -0.3 is 4.52 Å². The van der Waals surface area contributed by atoms with E-state index in [1.807, 2.05) is 6.07 Å². The Labute approximate surface area is 150 Å². The molecule has 0 unspecified atom stereocenters. The highest BCUT2D eigenvalue weighted by atomic mass is 32.1. The molecule has 0 fully saturated rings. The molecule has 0 atom stereocenters. The van der Waals surface area contributed by atoms with E-state index in [-0.39, 0.29) is 18.2 Å². The summed E-state index contributed by atoms with van der Waals surface area (Å²) in [4.78, 5) is 30.1. The molecule has 25 heavy (non-hydrogen) atoms. The Bertz CT molecular complexity index is 729. The number of thiophene rings is 1. The molecule has 1 aliphatic rings. The molecule has 0 saturated heterocycles. The summed E-state index contributed by atoms with van der Waals surface area (Å²) in [6, 6.07) is 1.96. The average molecular weight is 362 g/mol. The van der Waals surface area contributed by atoms with Gasteiger partial charge in [-0.15, -0.1) is 11.3 Å². The second-order valence-corrected chi connectivity index (χ2v) is 7.35. The molecular formula is C17H22N4O3S. The van der Waals surface area contributed by atoms with Gasteiger partial charge in [0.05, 0.1) is 4.88 Å². The lowest BCUT2D eigenvalue weighted by molar-refractivity contribution is -0.121. The number of rotatable bonds is 5. The summed E-state index contributed by atoms with van der Waals surface area (Å²) in [5, 5.41) is 3.70. The van der Waals surface area contributed by atoms with Gasteiger partial charge in [-0.3, -0.25) is 20.4 Å². The van der Waals surface area contributed by atoms with Crippen LogP contribution in [0, 0.1) is 6.92 Å². The number of hydrogen-bond acceptors (Lipinski definition) is 6. The van der Waals surface area contributed by atoms with Crippen molar-refractivity contribution in [3.63, 3.8) is 0 Å². The molecule has 0 aliphatic heterocycles. The molecule has 1 aliphatic carbocycles. The van der Waals surface area contributed by atoms with E-state index >= 15 is 0 Å². The standard InChI is InChI=1S/C17H22N4O3S/c1-11-18-16(24-21-11)9-5-8-15(22)19-20-17(23)14-10-12-6-3-2-4-7-13(12)25-14/h10H,2-9H2,1H3,(H,19,22)(H,20,23). The fourth-order valence-electron chi connectivity index (χ4n) is 2.87. The molecule has 0 aromatic carbocycles. The first-order chi connectivity index (χ1) is 12.1. The summed E-state index contributed by atoms with van der Waals surface area (Å²) in [6.07, 6.45) is 7.11. The van der Waals surface area contributed by atoms with Crippen LogP contribution in [0.4, 0.5) is 0 Å². The topological polar surface area (TPSA) is 97.1 Å². The van der Waals surface area contributed by atoms with Gasteiger partial charge in [-0.25, -0.2) is 0 Å². The van der Waals surface area contributed by atoms with Crippen molar-refractivity contribution in [3.05, 3.63) is 33.1 Å². The van der Waals surface area contributed by atoms with Gasteiger partial charge in [0.15, 0.2) is 5.82 Å². The van der Waals surface area contributed by atoms with Crippen molar-refractivity contribution in [1.82, 2.24) is 21.0 Å². The molecule has 2 N–H and O–H groups in total. The summed E-state index contributed by atoms with van der Waals surface area (Å²) in [5.74, 6) is 0.622. The number of aryl methyl sites for hydroxylation is 4. The molecule has 2 amide bonds. The first-order valence-corrected chi connectivity index (χ1v) is 9.43. The van der Waals surface area contributed by atoms with Crippen molar-refractivity contribution >= 4 is 23.2 Å². The minimum Gasteiger partial charge on any atom is -0.339 e. The Morgan fingerprint density at radius 2 is 2.08 bits per heavy atom. The predicted molar refractivity (Wildman–Crippen MR) is 93.2 cm³/mol. The highest BCUT2D eigenvalue weighted by molar-refractivity contribution is 7.14. The lowest BCUT2D eigenvalue weighted by atomic mass is 10.1. The van der Waals surface area contributed by atoms with E-state index in [0.717, 1.165) is 12.8 Å². The zero-order chi connectivity index (χ0) is 17.6. The summed E-state index contributed by atoms with van der Waals surface area (Å²) >= 11 is 1.53. The first kappa shape index (κ1) is 17.6. The molecule has 2 aromatic heterocycles. The highest BCUT2D eigenvalue weighted by Crippen LogP contribution is 2.28. The van der Waals surface area contributed by atoms with Crippen molar-refractivity contribution in [3.8, 4) is 0 Å². The van der Waals surface area contributed by atoms with Gasteiger partial charge in [-0.2, -0.15) is 4.98 Å². The van der Waals surface area contributed by atoms with Gasteiger partial charge in [0.25, 0.3) is 5.91 Å². The second kappa shape index (κ2) is 8.24. The molecule has 134 valence electrons. The van der Waals surface area contributed by atoms with Crippen LogP contribution in [0.1, 0.15) is 63.9 Å². The SMILES string of the molecule is Cc1noc(CCCC(=O)NNC(=O)c2cc3c(s2)CCCCC3)n1. The second-order valence-electron chi connectivity index (χ2n) is 6.21. The van der Waals surface area contributed by atoms with Crippen LogP contribution in [0.5, 0.6) is 0 Å². The maximum atomic E-state index is 12.2.